The Labute approximate surface area is 114 Å². The maximum absolute atomic E-state index is 13.6. The standard InChI is InChI=1S/C11H12FN3O2S2/c12-10-2-1-8(4-13)3-11(10)19(16,17)15-5-9-6-18-7-14-9/h1-3,6-7,15H,4-5,13H2. The highest BCUT2D eigenvalue weighted by atomic mass is 32.2. The van der Waals surface area contributed by atoms with Crippen LogP contribution in [0.1, 0.15) is 11.3 Å². The second kappa shape index (κ2) is 5.74. The molecule has 3 N–H and O–H groups in total. The lowest BCUT2D eigenvalue weighted by Gasteiger charge is -2.08. The second-order valence-corrected chi connectivity index (χ2v) is 6.23. The van der Waals surface area contributed by atoms with Crippen molar-refractivity contribution in [2.45, 2.75) is 18.0 Å². The molecule has 0 bridgehead atoms. The first-order valence-electron chi connectivity index (χ1n) is 5.38. The van der Waals surface area contributed by atoms with Crippen molar-refractivity contribution in [3.05, 3.63) is 46.2 Å². The number of benzene rings is 1. The Morgan fingerprint density at radius 3 is 2.84 bits per heavy atom. The largest absolute Gasteiger partial charge is 0.326 e. The molecule has 0 amide bonds. The topological polar surface area (TPSA) is 85.1 Å². The van der Waals surface area contributed by atoms with Gasteiger partial charge >= 0.3 is 0 Å². The van der Waals surface area contributed by atoms with Crippen LogP contribution in [0.2, 0.25) is 0 Å². The Morgan fingerprint density at radius 1 is 1.42 bits per heavy atom. The Bertz CT molecular complexity index is 657. The van der Waals surface area contributed by atoms with Crippen molar-refractivity contribution < 1.29 is 12.8 Å². The highest BCUT2D eigenvalue weighted by molar-refractivity contribution is 7.89. The van der Waals surface area contributed by atoms with E-state index < -0.39 is 20.7 Å². The number of hydrogen-bond acceptors (Lipinski definition) is 5. The van der Waals surface area contributed by atoms with Gasteiger partial charge in [0, 0.05) is 11.9 Å². The summed E-state index contributed by atoms with van der Waals surface area (Å²) in [5.41, 5.74) is 8.15. The number of hydrogen-bond donors (Lipinski definition) is 2. The summed E-state index contributed by atoms with van der Waals surface area (Å²) in [5.74, 6) is -0.803. The fourth-order valence-corrected chi connectivity index (χ4v) is 3.14. The number of nitrogens with one attached hydrogen (secondary N) is 1. The third kappa shape index (κ3) is 3.35. The van der Waals surface area contributed by atoms with Gasteiger partial charge in [-0.3, -0.25) is 0 Å². The second-order valence-electron chi connectivity index (χ2n) is 3.77. The Kier molecular flexibility index (Phi) is 4.25. The van der Waals surface area contributed by atoms with Crippen LogP contribution in [-0.2, 0) is 23.1 Å². The molecule has 0 atom stereocenters. The Balaban J connectivity index is 2.23. The Morgan fingerprint density at radius 2 is 2.21 bits per heavy atom. The fourth-order valence-electron chi connectivity index (χ4n) is 1.45. The number of rotatable bonds is 5. The third-order valence-electron chi connectivity index (χ3n) is 2.45. The molecular weight excluding hydrogens is 289 g/mol. The van der Waals surface area contributed by atoms with Gasteiger partial charge in [0.2, 0.25) is 10.0 Å². The van der Waals surface area contributed by atoms with Gasteiger partial charge in [0.05, 0.1) is 17.7 Å². The van der Waals surface area contributed by atoms with Crippen molar-refractivity contribution in [2.75, 3.05) is 0 Å². The zero-order chi connectivity index (χ0) is 13.9. The van der Waals surface area contributed by atoms with Crippen molar-refractivity contribution in [1.29, 1.82) is 0 Å². The van der Waals surface area contributed by atoms with E-state index in [1.165, 1.54) is 23.5 Å². The van der Waals surface area contributed by atoms with E-state index in [2.05, 4.69) is 9.71 Å². The molecule has 0 aliphatic rings. The number of halogens is 1. The molecule has 5 nitrogen and oxygen atoms in total. The van der Waals surface area contributed by atoms with Gasteiger partial charge in [0.1, 0.15) is 10.7 Å². The minimum atomic E-state index is -3.92. The first-order chi connectivity index (χ1) is 9.03. The molecule has 0 unspecified atom stereocenters. The van der Waals surface area contributed by atoms with Gasteiger partial charge in [-0.15, -0.1) is 11.3 Å². The van der Waals surface area contributed by atoms with Crippen molar-refractivity contribution in [2.24, 2.45) is 5.73 Å². The highest BCUT2D eigenvalue weighted by Crippen LogP contribution is 2.16. The molecule has 19 heavy (non-hydrogen) atoms. The van der Waals surface area contributed by atoms with Gasteiger partial charge in [-0.25, -0.2) is 22.5 Å². The molecule has 0 aliphatic carbocycles. The summed E-state index contributed by atoms with van der Waals surface area (Å²) in [5, 5.41) is 1.72. The lowest BCUT2D eigenvalue weighted by molar-refractivity contribution is 0.555. The molecule has 1 heterocycles. The predicted molar refractivity (Wildman–Crippen MR) is 70.4 cm³/mol. The van der Waals surface area contributed by atoms with E-state index in [1.54, 1.807) is 10.9 Å². The lowest BCUT2D eigenvalue weighted by Crippen LogP contribution is -2.24. The van der Waals surface area contributed by atoms with E-state index in [4.69, 9.17) is 5.73 Å². The SMILES string of the molecule is NCc1ccc(F)c(S(=O)(=O)NCc2cscn2)c1. The summed E-state index contributed by atoms with van der Waals surface area (Å²) < 4.78 is 39.9. The van der Waals surface area contributed by atoms with Crippen LogP contribution in [0.15, 0.2) is 34.0 Å². The highest BCUT2D eigenvalue weighted by Gasteiger charge is 2.19. The molecule has 102 valence electrons. The van der Waals surface area contributed by atoms with E-state index in [9.17, 15) is 12.8 Å². The first-order valence-corrected chi connectivity index (χ1v) is 7.81. The quantitative estimate of drug-likeness (QED) is 0.869. The van der Waals surface area contributed by atoms with Crippen LogP contribution in [0.5, 0.6) is 0 Å². The van der Waals surface area contributed by atoms with Gasteiger partial charge < -0.3 is 5.73 Å². The van der Waals surface area contributed by atoms with E-state index in [-0.39, 0.29) is 13.1 Å². The number of nitrogens with two attached hydrogens (primary N) is 1. The smallest absolute Gasteiger partial charge is 0.243 e. The molecule has 1 aromatic carbocycles. The molecule has 0 spiro atoms. The predicted octanol–water partition coefficient (Wildman–Crippen LogP) is 1.22. The molecule has 0 saturated heterocycles. The van der Waals surface area contributed by atoms with Crippen LogP contribution in [0.3, 0.4) is 0 Å². The van der Waals surface area contributed by atoms with Crippen LogP contribution < -0.4 is 10.5 Å². The summed E-state index contributed by atoms with van der Waals surface area (Å²) in [4.78, 5) is 3.55. The molecule has 2 rings (SSSR count). The molecular formula is C11H12FN3O2S2. The van der Waals surface area contributed by atoms with Gasteiger partial charge in [-0.05, 0) is 17.7 Å². The normalized spacial score (nSPS) is 11.7. The summed E-state index contributed by atoms with van der Waals surface area (Å²) in [6.07, 6.45) is 0. The molecule has 0 radical (unpaired) electrons. The van der Waals surface area contributed by atoms with Crippen LogP contribution in [0, 0.1) is 5.82 Å². The molecule has 1 aromatic heterocycles. The number of sulfonamides is 1. The van der Waals surface area contributed by atoms with Crippen LogP contribution in [0.25, 0.3) is 0 Å². The van der Waals surface area contributed by atoms with Crippen molar-refractivity contribution in [3.8, 4) is 0 Å². The fraction of sp³-hybridized carbons (Fsp3) is 0.182. The average molecular weight is 301 g/mol. The zero-order valence-electron chi connectivity index (χ0n) is 9.84. The Hall–Kier alpha value is -1.35. The van der Waals surface area contributed by atoms with E-state index in [1.807, 2.05) is 0 Å². The maximum atomic E-state index is 13.6. The molecule has 2 aromatic rings. The lowest BCUT2D eigenvalue weighted by atomic mass is 10.2. The van der Waals surface area contributed by atoms with Crippen molar-refractivity contribution in [3.63, 3.8) is 0 Å². The van der Waals surface area contributed by atoms with Crippen LogP contribution >= 0.6 is 11.3 Å². The maximum Gasteiger partial charge on any atom is 0.243 e. The molecule has 0 fully saturated rings. The first kappa shape index (κ1) is 14.1. The summed E-state index contributed by atoms with van der Waals surface area (Å²) in [7, 11) is -3.92. The van der Waals surface area contributed by atoms with Crippen LogP contribution in [0.4, 0.5) is 4.39 Å². The van der Waals surface area contributed by atoms with Gasteiger partial charge in [0.25, 0.3) is 0 Å². The monoisotopic (exact) mass is 301 g/mol. The third-order valence-corrected chi connectivity index (χ3v) is 4.50. The van der Waals surface area contributed by atoms with E-state index >= 15 is 0 Å². The van der Waals surface area contributed by atoms with E-state index in [0.717, 1.165) is 6.07 Å². The minimum Gasteiger partial charge on any atom is -0.326 e. The summed E-state index contributed by atoms with van der Waals surface area (Å²) in [6.45, 7) is 0.174. The molecule has 0 aliphatic heterocycles. The van der Waals surface area contributed by atoms with Gasteiger partial charge in [0.15, 0.2) is 0 Å². The zero-order valence-corrected chi connectivity index (χ0v) is 11.5. The molecule has 8 heteroatoms. The van der Waals surface area contributed by atoms with E-state index in [0.29, 0.717) is 11.3 Å². The summed E-state index contributed by atoms with van der Waals surface area (Å²) >= 11 is 1.36. The van der Waals surface area contributed by atoms with Crippen molar-refractivity contribution >= 4 is 21.4 Å². The number of nitrogens with zero attached hydrogens (tertiary/aromatic N) is 1. The summed E-state index contributed by atoms with van der Waals surface area (Å²) in [6, 6.07) is 3.78. The van der Waals surface area contributed by atoms with Crippen molar-refractivity contribution in [1.82, 2.24) is 9.71 Å². The van der Waals surface area contributed by atoms with Gasteiger partial charge in [-0.1, -0.05) is 6.07 Å². The average Bonchev–Trinajstić information content (AvgIpc) is 2.90. The minimum absolute atomic E-state index is 0.0259. The molecule has 0 saturated carbocycles. The number of thiazole rings is 1. The van der Waals surface area contributed by atoms with Gasteiger partial charge in [-0.2, -0.15) is 0 Å². The van der Waals surface area contributed by atoms with Crippen LogP contribution in [-0.4, -0.2) is 13.4 Å². The number of aromatic nitrogens is 1.